The number of carbonyl (C=O) groups is 1. The molecule has 0 saturated heterocycles. The third-order valence-corrected chi connectivity index (χ3v) is 5.81. The lowest BCUT2D eigenvalue weighted by molar-refractivity contribution is -0.139. The van der Waals surface area contributed by atoms with E-state index in [1.54, 1.807) is 13.0 Å². The number of aliphatic hydroxyl groups is 1. The lowest BCUT2D eigenvalue weighted by atomic mass is 10.2. The Morgan fingerprint density at radius 1 is 1.22 bits per heavy atom. The van der Waals surface area contributed by atoms with Crippen molar-refractivity contribution in [1.82, 2.24) is 18.7 Å². The highest BCUT2D eigenvalue weighted by Gasteiger charge is 2.22. The third kappa shape index (κ3) is 4.89. The lowest BCUT2D eigenvalue weighted by Gasteiger charge is -2.16. The van der Waals surface area contributed by atoms with E-state index in [0.717, 1.165) is 21.9 Å². The molecule has 3 aromatic rings. The molecule has 32 heavy (non-hydrogen) atoms. The highest BCUT2D eigenvalue weighted by molar-refractivity contribution is 7.99. The normalized spacial score (nSPS) is 12.2. The molecule has 2 aromatic heterocycles. The first kappa shape index (κ1) is 23.6. The van der Waals surface area contributed by atoms with Crippen molar-refractivity contribution in [2.45, 2.75) is 31.7 Å². The molecule has 0 saturated carbocycles. The zero-order chi connectivity index (χ0) is 23.4. The Hall–Kier alpha value is -3.05. The first-order valence-electron chi connectivity index (χ1n) is 10.1. The molecule has 0 amide bonds. The van der Waals surface area contributed by atoms with Crippen molar-refractivity contribution in [2.75, 3.05) is 19.0 Å². The van der Waals surface area contributed by atoms with Crippen molar-refractivity contribution in [2.24, 2.45) is 14.1 Å². The molecule has 0 aliphatic heterocycles. The fraction of sp³-hybridized carbons (Fsp3) is 0.429. The number of benzene rings is 1. The summed E-state index contributed by atoms with van der Waals surface area (Å²) in [7, 11) is 2.89. The summed E-state index contributed by atoms with van der Waals surface area (Å²) < 4.78 is 14.4. The number of hydrogen-bond donors (Lipinski definition) is 1. The van der Waals surface area contributed by atoms with Gasteiger partial charge >= 0.3 is 11.7 Å². The summed E-state index contributed by atoms with van der Waals surface area (Å²) in [6.45, 7) is 3.83. The number of fused-ring (bicyclic) bond motifs is 1. The van der Waals surface area contributed by atoms with E-state index in [1.807, 2.05) is 25.1 Å². The number of imidazole rings is 1. The van der Waals surface area contributed by atoms with Gasteiger partial charge in [0.05, 0.1) is 18.9 Å². The molecule has 0 spiro atoms. The van der Waals surface area contributed by atoms with E-state index in [0.29, 0.717) is 10.9 Å². The van der Waals surface area contributed by atoms with E-state index in [2.05, 4.69) is 4.98 Å². The topological polar surface area (TPSA) is 118 Å². The molecule has 0 aliphatic carbocycles. The van der Waals surface area contributed by atoms with E-state index in [4.69, 9.17) is 9.47 Å². The molecule has 10 nitrogen and oxygen atoms in total. The Morgan fingerprint density at radius 3 is 2.62 bits per heavy atom. The van der Waals surface area contributed by atoms with Crippen LogP contribution < -0.4 is 16.0 Å². The highest BCUT2D eigenvalue weighted by atomic mass is 32.2. The number of rotatable bonds is 9. The van der Waals surface area contributed by atoms with Crippen LogP contribution >= 0.6 is 11.8 Å². The number of aliphatic hydroxyl groups excluding tert-OH is 1. The van der Waals surface area contributed by atoms with E-state index >= 15 is 0 Å². The van der Waals surface area contributed by atoms with E-state index in [-0.39, 0.29) is 36.7 Å². The van der Waals surface area contributed by atoms with Gasteiger partial charge in [-0.15, -0.1) is 0 Å². The van der Waals surface area contributed by atoms with Gasteiger partial charge < -0.3 is 19.1 Å². The van der Waals surface area contributed by atoms with Gasteiger partial charge in [0, 0.05) is 14.1 Å². The molecular formula is C21H26N4O6S. The van der Waals surface area contributed by atoms with Gasteiger partial charge in [-0.2, -0.15) is 0 Å². The highest BCUT2D eigenvalue weighted by Crippen LogP contribution is 2.23. The fourth-order valence-electron chi connectivity index (χ4n) is 3.20. The molecule has 0 radical (unpaired) electrons. The summed E-state index contributed by atoms with van der Waals surface area (Å²) in [4.78, 5) is 41.4. The maximum Gasteiger partial charge on any atom is 0.332 e. The van der Waals surface area contributed by atoms with Gasteiger partial charge in [0.1, 0.15) is 18.5 Å². The van der Waals surface area contributed by atoms with Gasteiger partial charge in [0.25, 0.3) is 5.56 Å². The molecule has 0 fully saturated rings. The van der Waals surface area contributed by atoms with Gasteiger partial charge in [-0.1, -0.05) is 30.0 Å². The zero-order valence-electron chi connectivity index (χ0n) is 18.4. The van der Waals surface area contributed by atoms with Crippen LogP contribution in [0, 0.1) is 6.92 Å². The predicted molar refractivity (Wildman–Crippen MR) is 120 cm³/mol. The molecule has 0 unspecified atom stereocenters. The summed E-state index contributed by atoms with van der Waals surface area (Å²) in [6.07, 6.45) is -0.976. The van der Waals surface area contributed by atoms with Crippen LogP contribution in [0.5, 0.6) is 5.75 Å². The smallest absolute Gasteiger partial charge is 0.332 e. The summed E-state index contributed by atoms with van der Waals surface area (Å²) in [5, 5.41) is 11.0. The van der Waals surface area contributed by atoms with Crippen molar-refractivity contribution >= 4 is 28.9 Å². The van der Waals surface area contributed by atoms with Crippen LogP contribution in [0.3, 0.4) is 0 Å². The van der Waals surface area contributed by atoms with Crippen LogP contribution in [0.4, 0.5) is 0 Å². The first-order valence-corrected chi connectivity index (χ1v) is 11.0. The van der Waals surface area contributed by atoms with Crippen LogP contribution in [0.15, 0.2) is 39.0 Å². The Labute approximate surface area is 188 Å². The summed E-state index contributed by atoms with van der Waals surface area (Å²) in [6, 6.07) is 7.44. The number of hydrogen-bond acceptors (Lipinski definition) is 8. The molecule has 1 atom stereocenters. The Kier molecular flexibility index (Phi) is 7.41. The minimum Gasteiger partial charge on any atom is -0.491 e. The fourth-order valence-corrected chi connectivity index (χ4v) is 4.00. The molecule has 11 heteroatoms. The molecule has 2 heterocycles. The van der Waals surface area contributed by atoms with Crippen molar-refractivity contribution in [1.29, 1.82) is 0 Å². The van der Waals surface area contributed by atoms with Gasteiger partial charge in [0.2, 0.25) is 0 Å². The number of para-hydroxylation sites is 1. The number of nitrogens with zero attached hydrogens (tertiary/aromatic N) is 4. The molecule has 1 N–H and O–H groups in total. The standard InChI is InChI=1S/C21H26N4O6S/c1-5-30-16(27)12-32-20-22-18-17(19(28)24(4)21(29)23(18)3)25(20)10-14(26)11-31-15-9-7-6-8-13(15)2/h6-9,14,26H,5,10-12H2,1-4H3/t14-/m0/s1. The van der Waals surface area contributed by atoms with Crippen molar-refractivity contribution in [3.05, 3.63) is 50.7 Å². The summed E-state index contributed by atoms with van der Waals surface area (Å²) >= 11 is 1.07. The number of carbonyl (C=O) groups excluding carboxylic acids is 1. The number of esters is 1. The van der Waals surface area contributed by atoms with E-state index in [1.165, 1.54) is 23.2 Å². The second kappa shape index (κ2) is 10.0. The molecule has 3 rings (SSSR count). The van der Waals surface area contributed by atoms with E-state index in [9.17, 15) is 19.5 Å². The third-order valence-electron chi connectivity index (χ3n) is 4.86. The minimum absolute atomic E-state index is 0.0129. The Balaban J connectivity index is 1.94. The van der Waals surface area contributed by atoms with Crippen LogP contribution in [0.1, 0.15) is 12.5 Å². The van der Waals surface area contributed by atoms with E-state index < -0.39 is 23.3 Å². The molecule has 0 aliphatic rings. The van der Waals surface area contributed by atoms with Crippen molar-refractivity contribution in [3.8, 4) is 5.75 Å². The van der Waals surface area contributed by atoms with Gasteiger partial charge in [-0.05, 0) is 25.5 Å². The number of aromatic nitrogens is 4. The molecular weight excluding hydrogens is 436 g/mol. The SMILES string of the molecule is CCOC(=O)CSc1nc2c(c(=O)n(C)c(=O)n2C)n1C[C@H](O)COc1ccccc1C. The monoisotopic (exact) mass is 462 g/mol. The maximum atomic E-state index is 12.9. The zero-order valence-corrected chi connectivity index (χ0v) is 19.2. The molecule has 1 aromatic carbocycles. The average Bonchev–Trinajstić information content (AvgIpc) is 3.12. The average molecular weight is 463 g/mol. The molecule has 0 bridgehead atoms. The summed E-state index contributed by atoms with van der Waals surface area (Å²) in [5.41, 5.74) is 0.220. The minimum atomic E-state index is -0.976. The van der Waals surface area contributed by atoms with Gasteiger partial charge in [-0.3, -0.25) is 18.7 Å². The number of thioether (sulfide) groups is 1. The number of aryl methyl sites for hydroxylation is 2. The number of ether oxygens (including phenoxy) is 2. The Bertz CT molecular complexity index is 1250. The van der Waals surface area contributed by atoms with Crippen LogP contribution in [0.2, 0.25) is 0 Å². The lowest BCUT2D eigenvalue weighted by Crippen LogP contribution is -2.38. The maximum absolute atomic E-state index is 12.9. The van der Waals surface area contributed by atoms with Crippen LogP contribution in [0.25, 0.3) is 11.2 Å². The first-order chi connectivity index (χ1) is 15.2. The van der Waals surface area contributed by atoms with Crippen molar-refractivity contribution < 1.29 is 19.4 Å². The van der Waals surface area contributed by atoms with Crippen LogP contribution in [-0.4, -0.2) is 54.8 Å². The predicted octanol–water partition coefficient (Wildman–Crippen LogP) is 0.837. The molecule has 172 valence electrons. The Morgan fingerprint density at radius 2 is 1.94 bits per heavy atom. The van der Waals surface area contributed by atoms with Gasteiger partial charge in [0.15, 0.2) is 16.3 Å². The van der Waals surface area contributed by atoms with Crippen LogP contribution in [-0.2, 0) is 30.2 Å². The van der Waals surface area contributed by atoms with Gasteiger partial charge in [-0.25, -0.2) is 9.78 Å². The largest absolute Gasteiger partial charge is 0.491 e. The quantitative estimate of drug-likeness (QED) is 0.367. The second-order valence-corrected chi connectivity index (χ2v) is 8.15. The van der Waals surface area contributed by atoms with Crippen molar-refractivity contribution in [3.63, 3.8) is 0 Å². The second-order valence-electron chi connectivity index (χ2n) is 7.21. The summed E-state index contributed by atoms with van der Waals surface area (Å²) in [5.74, 6) is 0.194.